The van der Waals surface area contributed by atoms with Crippen LogP contribution in [0, 0.1) is 0 Å². The van der Waals surface area contributed by atoms with Crippen LogP contribution in [-0.2, 0) is 16.0 Å². The summed E-state index contributed by atoms with van der Waals surface area (Å²) in [5.41, 5.74) is 0.627. The molecular weight excluding hydrogens is 280 g/mol. The zero-order valence-electron chi connectivity index (χ0n) is 11.5. The zero-order chi connectivity index (χ0) is 14.7. The molecule has 2 rings (SSSR count). The van der Waals surface area contributed by atoms with Crippen LogP contribution < -0.4 is 5.56 Å². The van der Waals surface area contributed by atoms with Crippen LogP contribution in [0.5, 0.6) is 0 Å². The average Bonchev–Trinajstić information content (AvgIpc) is 2.81. The SMILES string of the molecule is CCCc1cc(=O)[nH]c2nnc(SC(C)C(=O)OC)n12. The molecular formula is C12H16N4O3S. The van der Waals surface area contributed by atoms with E-state index < -0.39 is 5.25 Å². The second-order valence-corrected chi connectivity index (χ2v) is 5.61. The molecule has 2 aromatic rings. The Labute approximate surface area is 119 Å². The Bertz CT molecular complexity index is 679. The molecule has 0 aliphatic carbocycles. The van der Waals surface area contributed by atoms with Crippen molar-refractivity contribution >= 4 is 23.5 Å². The van der Waals surface area contributed by atoms with Crippen LogP contribution in [0.25, 0.3) is 5.78 Å². The van der Waals surface area contributed by atoms with Crippen LogP contribution in [0.15, 0.2) is 16.0 Å². The summed E-state index contributed by atoms with van der Waals surface area (Å²) in [6.45, 7) is 3.77. The Morgan fingerprint density at radius 3 is 2.95 bits per heavy atom. The van der Waals surface area contributed by atoms with Crippen LogP contribution in [-0.4, -0.2) is 37.9 Å². The van der Waals surface area contributed by atoms with E-state index in [0.29, 0.717) is 10.9 Å². The van der Waals surface area contributed by atoms with Gasteiger partial charge in [0.2, 0.25) is 5.78 Å². The molecule has 0 aliphatic rings. The van der Waals surface area contributed by atoms with E-state index in [2.05, 4.69) is 15.2 Å². The van der Waals surface area contributed by atoms with Crippen LogP contribution in [0.1, 0.15) is 26.0 Å². The van der Waals surface area contributed by atoms with E-state index in [1.165, 1.54) is 24.9 Å². The molecule has 0 aliphatic heterocycles. The van der Waals surface area contributed by atoms with Gasteiger partial charge in [0.25, 0.3) is 5.56 Å². The summed E-state index contributed by atoms with van der Waals surface area (Å²) >= 11 is 1.25. The number of H-pyrrole nitrogens is 1. The molecule has 1 unspecified atom stereocenters. The number of aromatic amines is 1. The highest BCUT2D eigenvalue weighted by Crippen LogP contribution is 2.23. The van der Waals surface area contributed by atoms with Gasteiger partial charge in [-0.2, -0.15) is 0 Å². The molecule has 1 atom stereocenters. The normalized spacial score (nSPS) is 12.6. The van der Waals surface area contributed by atoms with Gasteiger partial charge in [-0.05, 0) is 13.3 Å². The minimum Gasteiger partial charge on any atom is -0.468 e. The summed E-state index contributed by atoms with van der Waals surface area (Å²) in [6, 6.07) is 1.53. The fourth-order valence-electron chi connectivity index (χ4n) is 1.86. The van der Waals surface area contributed by atoms with E-state index in [4.69, 9.17) is 4.74 Å². The third kappa shape index (κ3) is 2.84. The largest absolute Gasteiger partial charge is 0.468 e. The van der Waals surface area contributed by atoms with Gasteiger partial charge < -0.3 is 4.74 Å². The number of aromatic nitrogens is 4. The maximum absolute atomic E-state index is 11.5. The number of ether oxygens (including phenoxy) is 1. The van der Waals surface area contributed by atoms with E-state index in [9.17, 15) is 9.59 Å². The number of fused-ring (bicyclic) bond motifs is 1. The molecule has 0 amide bonds. The zero-order valence-corrected chi connectivity index (χ0v) is 12.4. The molecule has 0 saturated heterocycles. The lowest BCUT2D eigenvalue weighted by Gasteiger charge is -2.09. The summed E-state index contributed by atoms with van der Waals surface area (Å²) in [5.74, 6) is 0.0636. The van der Waals surface area contributed by atoms with Crippen molar-refractivity contribution in [3.63, 3.8) is 0 Å². The van der Waals surface area contributed by atoms with Gasteiger partial charge in [-0.25, -0.2) is 0 Å². The number of esters is 1. The molecule has 1 N–H and O–H groups in total. The number of hydrogen-bond acceptors (Lipinski definition) is 6. The number of nitrogens with zero attached hydrogens (tertiary/aromatic N) is 3. The predicted octanol–water partition coefficient (Wildman–Crippen LogP) is 1.02. The number of nitrogens with one attached hydrogen (secondary N) is 1. The molecule has 0 spiro atoms. The van der Waals surface area contributed by atoms with Gasteiger partial charge in [0.1, 0.15) is 5.25 Å². The highest BCUT2D eigenvalue weighted by molar-refractivity contribution is 8.00. The summed E-state index contributed by atoms with van der Waals surface area (Å²) < 4.78 is 6.47. The Hall–Kier alpha value is -1.83. The number of rotatable bonds is 5. The topological polar surface area (TPSA) is 89.4 Å². The van der Waals surface area contributed by atoms with Crippen LogP contribution in [0.2, 0.25) is 0 Å². The minimum atomic E-state index is -0.395. The first-order valence-electron chi connectivity index (χ1n) is 6.28. The maximum atomic E-state index is 11.5. The first kappa shape index (κ1) is 14.6. The van der Waals surface area contributed by atoms with Gasteiger partial charge in [-0.1, -0.05) is 25.1 Å². The Morgan fingerprint density at radius 1 is 1.55 bits per heavy atom. The summed E-state index contributed by atoms with van der Waals surface area (Å²) in [4.78, 5) is 25.7. The lowest BCUT2D eigenvalue weighted by atomic mass is 10.2. The number of methoxy groups -OCH3 is 1. The smallest absolute Gasteiger partial charge is 0.318 e. The van der Waals surface area contributed by atoms with Crippen molar-refractivity contribution in [2.24, 2.45) is 0 Å². The van der Waals surface area contributed by atoms with Crippen molar-refractivity contribution in [1.29, 1.82) is 0 Å². The molecule has 20 heavy (non-hydrogen) atoms. The molecule has 0 aromatic carbocycles. The lowest BCUT2D eigenvalue weighted by Crippen LogP contribution is -2.16. The van der Waals surface area contributed by atoms with Crippen molar-refractivity contribution < 1.29 is 9.53 Å². The van der Waals surface area contributed by atoms with Crippen molar-refractivity contribution in [1.82, 2.24) is 19.6 Å². The van der Waals surface area contributed by atoms with E-state index in [1.54, 1.807) is 11.3 Å². The average molecular weight is 296 g/mol. The standard InChI is InChI=1S/C12H16N4O3S/c1-4-5-8-6-9(17)13-11-14-15-12(16(8)11)20-7(2)10(18)19-3/h6-7H,4-5H2,1-3H3,(H,13,14,17). The van der Waals surface area contributed by atoms with Crippen LogP contribution in [0.3, 0.4) is 0 Å². The predicted molar refractivity (Wildman–Crippen MR) is 74.9 cm³/mol. The van der Waals surface area contributed by atoms with Crippen molar-refractivity contribution in [3.8, 4) is 0 Å². The third-order valence-corrected chi connectivity index (χ3v) is 3.80. The van der Waals surface area contributed by atoms with Gasteiger partial charge in [0.05, 0.1) is 7.11 Å². The molecule has 2 aromatic heterocycles. The number of aryl methyl sites for hydroxylation is 1. The fourth-order valence-corrected chi connectivity index (χ4v) is 2.77. The van der Waals surface area contributed by atoms with Gasteiger partial charge in [-0.15, -0.1) is 10.2 Å². The highest BCUT2D eigenvalue weighted by atomic mass is 32.2. The summed E-state index contributed by atoms with van der Waals surface area (Å²) in [7, 11) is 1.35. The Morgan fingerprint density at radius 2 is 2.30 bits per heavy atom. The van der Waals surface area contributed by atoms with E-state index in [1.807, 2.05) is 6.92 Å². The number of hydrogen-bond donors (Lipinski definition) is 1. The van der Waals surface area contributed by atoms with Crippen LogP contribution in [0.4, 0.5) is 0 Å². The van der Waals surface area contributed by atoms with Gasteiger partial charge >= 0.3 is 5.97 Å². The van der Waals surface area contributed by atoms with Crippen molar-refractivity contribution in [2.75, 3.05) is 7.11 Å². The first-order chi connectivity index (χ1) is 9.56. The summed E-state index contributed by atoms with van der Waals surface area (Å²) in [5, 5.41) is 8.15. The first-order valence-corrected chi connectivity index (χ1v) is 7.16. The van der Waals surface area contributed by atoms with Crippen LogP contribution >= 0.6 is 11.8 Å². The minimum absolute atomic E-state index is 0.203. The van der Waals surface area contributed by atoms with E-state index >= 15 is 0 Å². The van der Waals surface area contributed by atoms with E-state index in [-0.39, 0.29) is 11.5 Å². The van der Waals surface area contributed by atoms with E-state index in [0.717, 1.165) is 18.5 Å². The molecule has 2 heterocycles. The molecule has 108 valence electrons. The third-order valence-electron chi connectivity index (χ3n) is 2.77. The second-order valence-electron chi connectivity index (χ2n) is 4.30. The van der Waals surface area contributed by atoms with Gasteiger partial charge in [0.15, 0.2) is 5.16 Å². The quantitative estimate of drug-likeness (QED) is 0.654. The Balaban J connectivity index is 2.44. The molecule has 7 nitrogen and oxygen atoms in total. The van der Waals surface area contributed by atoms with Gasteiger partial charge in [-0.3, -0.25) is 19.0 Å². The van der Waals surface area contributed by atoms with Crippen molar-refractivity contribution in [2.45, 2.75) is 37.1 Å². The molecule has 0 fully saturated rings. The Kier molecular flexibility index (Phi) is 4.43. The number of carbonyl (C=O) groups excluding carboxylic acids is 1. The number of thioether (sulfide) groups is 1. The lowest BCUT2D eigenvalue weighted by molar-refractivity contribution is -0.139. The maximum Gasteiger partial charge on any atom is 0.318 e. The second kappa shape index (κ2) is 6.08. The van der Waals surface area contributed by atoms with Gasteiger partial charge in [0, 0.05) is 11.8 Å². The number of carbonyl (C=O) groups is 1. The molecule has 0 bridgehead atoms. The molecule has 8 heteroatoms. The highest BCUT2D eigenvalue weighted by Gasteiger charge is 2.19. The molecule has 0 saturated carbocycles. The summed E-state index contributed by atoms with van der Waals surface area (Å²) in [6.07, 6.45) is 1.63. The molecule has 0 radical (unpaired) electrons. The monoisotopic (exact) mass is 296 g/mol. The fraction of sp³-hybridized carbons (Fsp3) is 0.500. The van der Waals surface area contributed by atoms with Crippen molar-refractivity contribution in [3.05, 3.63) is 22.1 Å².